The number of carbonyl (C=O) groups is 1. The molecule has 2 heterocycles. The van der Waals surface area contributed by atoms with Crippen LogP contribution in [0, 0.1) is 13.8 Å². The number of aromatic nitrogens is 4. The van der Waals surface area contributed by atoms with E-state index in [9.17, 15) is 4.79 Å². The van der Waals surface area contributed by atoms with Crippen molar-refractivity contribution < 1.29 is 4.79 Å². The zero-order chi connectivity index (χ0) is 14.9. The van der Waals surface area contributed by atoms with E-state index < -0.39 is 0 Å². The SMILES string of the molecule is Cc1cc(C)n(CC(=O)Nc2cc(C(C)(C)C)[nH]n2)n1. The number of aryl methyl sites for hydroxylation is 2. The van der Waals surface area contributed by atoms with Gasteiger partial charge in [-0.2, -0.15) is 10.2 Å². The largest absolute Gasteiger partial charge is 0.308 e. The topological polar surface area (TPSA) is 75.6 Å². The predicted molar refractivity (Wildman–Crippen MR) is 77.6 cm³/mol. The van der Waals surface area contributed by atoms with Gasteiger partial charge in [0, 0.05) is 22.9 Å². The van der Waals surface area contributed by atoms with Gasteiger partial charge in [-0.15, -0.1) is 0 Å². The van der Waals surface area contributed by atoms with Gasteiger partial charge >= 0.3 is 0 Å². The monoisotopic (exact) mass is 275 g/mol. The molecule has 6 nitrogen and oxygen atoms in total. The van der Waals surface area contributed by atoms with Crippen LogP contribution in [0.4, 0.5) is 5.82 Å². The molecule has 0 saturated carbocycles. The van der Waals surface area contributed by atoms with Crippen molar-refractivity contribution in [1.29, 1.82) is 0 Å². The first-order valence-electron chi connectivity index (χ1n) is 6.62. The van der Waals surface area contributed by atoms with E-state index in [1.165, 1.54) is 0 Å². The molecule has 0 aliphatic carbocycles. The lowest BCUT2D eigenvalue weighted by Crippen LogP contribution is -2.20. The molecule has 0 fully saturated rings. The average molecular weight is 275 g/mol. The minimum absolute atomic E-state index is 0.0222. The van der Waals surface area contributed by atoms with Crippen LogP contribution in [-0.2, 0) is 16.8 Å². The van der Waals surface area contributed by atoms with Crippen molar-refractivity contribution >= 4 is 11.7 Å². The number of nitrogens with zero attached hydrogens (tertiary/aromatic N) is 3. The highest BCUT2D eigenvalue weighted by molar-refractivity contribution is 5.89. The minimum Gasteiger partial charge on any atom is -0.308 e. The Bertz CT molecular complexity index is 618. The van der Waals surface area contributed by atoms with Gasteiger partial charge in [-0.1, -0.05) is 20.8 Å². The van der Waals surface area contributed by atoms with Gasteiger partial charge in [-0.3, -0.25) is 14.6 Å². The fourth-order valence-corrected chi connectivity index (χ4v) is 1.92. The smallest absolute Gasteiger partial charge is 0.247 e. The highest BCUT2D eigenvalue weighted by Gasteiger charge is 2.17. The van der Waals surface area contributed by atoms with E-state index >= 15 is 0 Å². The summed E-state index contributed by atoms with van der Waals surface area (Å²) in [5.74, 6) is 0.407. The zero-order valence-electron chi connectivity index (χ0n) is 12.6. The molecule has 0 unspecified atom stereocenters. The van der Waals surface area contributed by atoms with Gasteiger partial charge in [0.1, 0.15) is 6.54 Å². The van der Waals surface area contributed by atoms with Crippen molar-refractivity contribution in [3.05, 3.63) is 29.2 Å². The molecule has 0 saturated heterocycles. The summed E-state index contributed by atoms with van der Waals surface area (Å²) in [7, 11) is 0. The van der Waals surface area contributed by atoms with Gasteiger partial charge in [0.2, 0.25) is 5.91 Å². The molecule has 2 aromatic rings. The van der Waals surface area contributed by atoms with Crippen LogP contribution < -0.4 is 5.32 Å². The number of hydrogen-bond donors (Lipinski definition) is 2. The maximum atomic E-state index is 12.0. The van der Waals surface area contributed by atoms with Crippen LogP contribution in [0.3, 0.4) is 0 Å². The molecule has 0 aromatic carbocycles. The van der Waals surface area contributed by atoms with Crippen LogP contribution in [0.25, 0.3) is 0 Å². The maximum absolute atomic E-state index is 12.0. The van der Waals surface area contributed by atoms with Crippen LogP contribution in [-0.4, -0.2) is 25.9 Å². The number of hydrogen-bond acceptors (Lipinski definition) is 3. The number of rotatable bonds is 3. The molecule has 0 atom stereocenters. The number of anilines is 1. The highest BCUT2D eigenvalue weighted by atomic mass is 16.2. The number of aromatic amines is 1. The molecular weight excluding hydrogens is 254 g/mol. The molecule has 2 aromatic heterocycles. The molecular formula is C14H21N5O. The van der Waals surface area contributed by atoms with Gasteiger partial charge < -0.3 is 5.32 Å². The Morgan fingerprint density at radius 1 is 1.35 bits per heavy atom. The second-order valence-corrected chi connectivity index (χ2v) is 6.05. The van der Waals surface area contributed by atoms with Crippen LogP contribution in [0.5, 0.6) is 0 Å². The number of H-pyrrole nitrogens is 1. The molecule has 2 N–H and O–H groups in total. The summed E-state index contributed by atoms with van der Waals surface area (Å²) >= 11 is 0. The lowest BCUT2D eigenvalue weighted by Gasteiger charge is -2.14. The van der Waals surface area contributed by atoms with E-state index in [-0.39, 0.29) is 17.9 Å². The Balaban J connectivity index is 2.01. The Morgan fingerprint density at radius 3 is 2.55 bits per heavy atom. The predicted octanol–water partition coefficient (Wildman–Crippen LogP) is 2.16. The quantitative estimate of drug-likeness (QED) is 0.901. The van der Waals surface area contributed by atoms with Crippen LogP contribution in [0.1, 0.15) is 37.9 Å². The van der Waals surface area contributed by atoms with Crippen molar-refractivity contribution in [2.45, 2.75) is 46.6 Å². The molecule has 20 heavy (non-hydrogen) atoms. The third kappa shape index (κ3) is 3.26. The van der Waals surface area contributed by atoms with E-state index in [0.717, 1.165) is 17.1 Å². The van der Waals surface area contributed by atoms with Crippen LogP contribution in [0.2, 0.25) is 0 Å². The molecule has 6 heteroatoms. The summed E-state index contributed by atoms with van der Waals surface area (Å²) in [6, 6.07) is 3.80. The Labute approximate surface area is 118 Å². The second kappa shape index (κ2) is 5.11. The van der Waals surface area contributed by atoms with Gasteiger partial charge in [0.25, 0.3) is 0 Å². The van der Waals surface area contributed by atoms with Crippen molar-refractivity contribution in [2.24, 2.45) is 0 Å². The molecule has 0 radical (unpaired) electrons. The highest BCUT2D eigenvalue weighted by Crippen LogP contribution is 2.21. The summed E-state index contributed by atoms with van der Waals surface area (Å²) in [4.78, 5) is 12.0. The number of carbonyl (C=O) groups excluding carboxylic acids is 1. The first kappa shape index (κ1) is 14.3. The summed E-state index contributed by atoms with van der Waals surface area (Å²) < 4.78 is 1.68. The van der Waals surface area contributed by atoms with Crippen molar-refractivity contribution in [3.63, 3.8) is 0 Å². The molecule has 0 bridgehead atoms. The van der Waals surface area contributed by atoms with Crippen LogP contribution in [0.15, 0.2) is 12.1 Å². The lowest BCUT2D eigenvalue weighted by atomic mass is 9.92. The molecule has 0 aliphatic rings. The Kier molecular flexibility index (Phi) is 3.65. The van der Waals surface area contributed by atoms with Crippen molar-refractivity contribution in [3.8, 4) is 0 Å². The first-order valence-corrected chi connectivity index (χ1v) is 6.62. The minimum atomic E-state index is -0.136. The summed E-state index contributed by atoms with van der Waals surface area (Å²) in [5, 5.41) is 14.1. The second-order valence-electron chi connectivity index (χ2n) is 6.05. The molecule has 0 aliphatic heterocycles. The third-order valence-corrected chi connectivity index (χ3v) is 3.05. The summed E-state index contributed by atoms with van der Waals surface area (Å²) in [6.45, 7) is 10.3. The molecule has 2 rings (SSSR count). The standard InChI is InChI=1S/C14H21N5O/c1-9-6-10(2)19(18-9)8-13(20)15-12-7-11(16-17-12)14(3,4)5/h6-7H,8H2,1-5H3,(H2,15,16,17,20). The maximum Gasteiger partial charge on any atom is 0.247 e. The normalized spacial score (nSPS) is 11.7. The van der Waals surface area contributed by atoms with E-state index in [4.69, 9.17) is 0 Å². The van der Waals surface area contributed by atoms with Crippen molar-refractivity contribution in [2.75, 3.05) is 5.32 Å². The number of amides is 1. The molecule has 1 amide bonds. The molecule has 0 spiro atoms. The van der Waals surface area contributed by atoms with E-state index in [1.807, 2.05) is 26.0 Å². The number of nitrogens with one attached hydrogen (secondary N) is 2. The fraction of sp³-hybridized carbons (Fsp3) is 0.500. The van der Waals surface area contributed by atoms with Gasteiger partial charge in [-0.25, -0.2) is 0 Å². The average Bonchev–Trinajstić information content (AvgIpc) is 2.86. The summed E-state index contributed by atoms with van der Waals surface area (Å²) in [6.07, 6.45) is 0. The third-order valence-electron chi connectivity index (χ3n) is 3.05. The first-order chi connectivity index (χ1) is 9.25. The zero-order valence-corrected chi connectivity index (χ0v) is 12.6. The van der Waals surface area contributed by atoms with Crippen LogP contribution >= 0.6 is 0 Å². The van der Waals surface area contributed by atoms with Gasteiger partial charge in [-0.05, 0) is 19.9 Å². The van der Waals surface area contributed by atoms with E-state index in [2.05, 4.69) is 41.4 Å². The van der Waals surface area contributed by atoms with Gasteiger partial charge in [0.05, 0.1) is 5.69 Å². The lowest BCUT2D eigenvalue weighted by molar-refractivity contribution is -0.117. The van der Waals surface area contributed by atoms with Crippen molar-refractivity contribution in [1.82, 2.24) is 20.0 Å². The summed E-state index contributed by atoms with van der Waals surface area (Å²) in [5.41, 5.74) is 2.84. The fourth-order valence-electron chi connectivity index (χ4n) is 1.92. The molecule has 108 valence electrons. The van der Waals surface area contributed by atoms with E-state index in [1.54, 1.807) is 4.68 Å². The van der Waals surface area contributed by atoms with E-state index in [0.29, 0.717) is 5.82 Å². The Morgan fingerprint density at radius 2 is 2.05 bits per heavy atom. The van der Waals surface area contributed by atoms with Gasteiger partial charge in [0.15, 0.2) is 5.82 Å². The Hall–Kier alpha value is -2.11.